The van der Waals surface area contributed by atoms with Crippen molar-refractivity contribution in [2.75, 3.05) is 26.3 Å². The summed E-state index contributed by atoms with van der Waals surface area (Å²) in [4.78, 5) is 14.4. The van der Waals surface area contributed by atoms with Crippen LogP contribution in [0.25, 0.3) is 0 Å². The molecule has 0 N–H and O–H groups in total. The maximum atomic E-state index is 11.9. The summed E-state index contributed by atoms with van der Waals surface area (Å²) >= 11 is 5.97. The third-order valence-corrected chi connectivity index (χ3v) is 4.88. The normalized spacial score (nSPS) is 18.4. The van der Waals surface area contributed by atoms with Crippen LogP contribution in [0.4, 0.5) is 0 Å². The number of alkyl halides is 1. The number of piperidine rings is 1. The molecule has 1 aromatic carbocycles. The number of carbonyl (C=O) groups excluding carboxylic acids is 1. The number of benzene rings is 1. The number of hydrogen-bond donors (Lipinski definition) is 0. The van der Waals surface area contributed by atoms with E-state index in [-0.39, 0.29) is 11.8 Å². The standard InChI is InChI=1S/C19H28ClNO3/c1-3-21-11-6-5-7-16(21)10-12-24-17-8-9-18(15(13-17)14-20)19(22)23-4-2/h8-9,13,16H,3-7,10-12,14H2,1-2H3. The molecule has 1 unspecified atom stereocenters. The molecule has 1 aromatic rings. The molecule has 0 radical (unpaired) electrons. The lowest BCUT2D eigenvalue weighted by Crippen LogP contribution is -2.40. The molecule has 5 heteroatoms. The lowest BCUT2D eigenvalue weighted by atomic mass is 10.00. The van der Waals surface area contributed by atoms with Crippen molar-refractivity contribution >= 4 is 17.6 Å². The van der Waals surface area contributed by atoms with Gasteiger partial charge in [0.05, 0.1) is 18.8 Å². The molecule has 4 nitrogen and oxygen atoms in total. The Morgan fingerprint density at radius 3 is 2.88 bits per heavy atom. The molecule has 1 aliphatic rings. The minimum Gasteiger partial charge on any atom is -0.494 e. The molecule has 0 bridgehead atoms. The summed E-state index contributed by atoms with van der Waals surface area (Å²) in [6, 6.07) is 6.03. The highest BCUT2D eigenvalue weighted by molar-refractivity contribution is 6.17. The summed E-state index contributed by atoms with van der Waals surface area (Å²) in [6.45, 7) is 7.36. The number of carbonyl (C=O) groups is 1. The van der Waals surface area contributed by atoms with Gasteiger partial charge in [-0.2, -0.15) is 0 Å². The first kappa shape index (κ1) is 19.1. The van der Waals surface area contributed by atoms with Crippen LogP contribution in [0, 0.1) is 0 Å². The van der Waals surface area contributed by atoms with E-state index in [4.69, 9.17) is 21.1 Å². The van der Waals surface area contributed by atoms with E-state index >= 15 is 0 Å². The lowest BCUT2D eigenvalue weighted by Gasteiger charge is -2.34. The zero-order valence-corrected chi connectivity index (χ0v) is 15.5. The smallest absolute Gasteiger partial charge is 0.338 e. The summed E-state index contributed by atoms with van der Waals surface area (Å²) < 4.78 is 11.0. The Morgan fingerprint density at radius 2 is 2.17 bits per heavy atom. The number of halogens is 1. The highest BCUT2D eigenvalue weighted by atomic mass is 35.5. The van der Waals surface area contributed by atoms with Crippen molar-refractivity contribution in [2.45, 2.75) is 51.5 Å². The average Bonchev–Trinajstić information content (AvgIpc) is 2.62. The van der Waals surface area contributed by atoms with Gasteiger partial charge in [0.25, 0.3) is 0 Å². The van der Waals surface area contributed by atoms with Crippen molar-refractivity contribution in [2.24, 2.45) is 0 Å². The van der Waals surface area contributed by atoms with Crippen molar-refractivity contribution in [1.82, 2.24) is 4.90 Å². The Bertz CT molecular complexity index is 535. The molecule has 0 spiro atoms. The molecule has 0 saturated carbocycles. The summed E-state index contributed by atoms with van der Waals surface area (Å²) in [5, 5.41) is 0. The first-order valence-corrected chi connectivity index (χ1v) is 9.45. The first-order valence-electron chi connectivity index (χ1n) is 8.92. The summed E-state index contributed by atoms with van der Waals surface area (Å²) in [5.74, 6) is 0.690. The number of hydrogen-bond acceptors (Lipinski definition) is 4. The van der Waals surface area contributed by atoms with E-state index in [1.165, 1.54) is 25.8 Å². The fourth-order valence-corrected chi connectivity index (χ4v) is 3.52. The van der Waals surface area contributed by atoms with Crippen LogP contribution in [0.5, 0.6) is 5.75 Å². The second-order valence-electron chi connectivity index (χ2n) is 6.09. The molecule has 1 fully saturated rings. The van der Waals surface area contributed by atoms with E-state index in [0.29, 0.717) is 24.8 Å². The summed E-state index contributed by atoms with van der Waals surface area (Å²) in [5.41, 5.74) is 1.27. The fourth-order valence-electron chi connectivity index (χ4n) is 3.29. The second-order valence-corrected chi connectivity index (χ2v) is 6.36. The molecule has 0 aromatic heterocycles. The Hall–Kier alpha value is -1.26. The van der Waals surface area contributed by atoms with Crippen LogP contribution in [-0.4, -0.2) is 43.2 Å². The largest absolute Gasteiger partial charge is 0.494 e. The van der Waals surface area contributed by atoms with E-state index in [9.17, 15) is 4.79 Å². The van der Waals surface area contributed by atoms with Crippen LogP contribution in [0.3, 0.4) is 0 Å². The van der Waals surface area contributed by atoms with Crippen LogP contribution in [0.15, 0.2) is 18.2 Å². The van der Waals surface area contributed by atoms with Crippen molar-refractivity contribution < 1.29 is 14.3 Å². The zero-order valence-electron chi connectivity index (χ0n) is 14.7. The predicted octanol–water partition coefficient (Wildman–Crippen LogP) is 4.25. The van der Waals surface area contributed by atoms with Gasteiger partial charge in [-0.25, -0.2) is 4.79 Å². The van der Waals surface area contributed by atoms with Crippen LogP contribution in [0.1, 0.15) is 55.5 Å². The molecule has 2 rings (SSSR count). The minimum absolute atomic E-state index is 0.261. The van der Waals surface area contributed by atoms with Gasteiger partial charge in [-0.3, -0.25) is 0 Å². The predicted molar refractivity (Wildman–Crippen MR) is 97.0 cm³/mol. The van der Waals surface area contributed by atoms with E-state index in [2.05, 4.69) is 11.8 Å². The zero-order chi connectivity index (χ0) is 17.4. The van der Waals surface area contributed by atoms with Gasteiger partial charge in [0.15, 0.2) is 0 Å². The van der Waals surface area contributed by atoms with Crippen LogP contribution in [-0.2, 0) is 10.6 Å². The van der Waals surface area contributed by atoms with Gasteiger partial charge in [0.2, 0.25) is 0 Å². The number of esters is 1. The molecule has 0 aliphatic carbocycles. The third-order valence-electron chi connectivity index (χ3n) is 4.59. The topological polar surface area (TPSA) is 38.8 Å². The van der Waals surface area contributed by atoms with Crippen molar-refractivity contribution in [3.05, 3.63) is 29.3 Å². The number of rotatable bonds is 8. The van der Waals surface area contributed by atoms with Gasteiger partial charge in [0.1, 0.15) is 5.75 Å². The Balaban J connectivity index is 1.91. The highest BCUT2D eigenvalue weighted by Crippen LogP contribution is 2.23. The Kier molecular flexibility index (Phi) is 7.86. The first-order chi connectivity index (χ1) is 11.7. The van der Waals surface area contributed by atoms with Crippen molar-refractivity contribution in [3.8, 4) is 5.75 Å². The summed E-state index contributed by atoms with van der Waals surface area (Å²) in [7, 11) is 0. The van der Waals surface area contributed by atoms with E-state index < -0.39 is 0 Å². The minimum atomic E-state index is -0.333. The van der Waals surface area contributed by atoms with Crippen LogP contribution < -0.4 is 4.74 Å². The molecule has 1 heterocycles. The van der Waals surface area contributed by atoms with Gasteiger partial charge < -0.3 is 14.4 Å². The molecule has 1 atom stereocenters. The van der Waals surface area contributed by atoms with Gasteiger partial charge in [-0.1, -0.05) is 13.3 Å². The monoisotopic (exact) mass is 353 g/mol. The highest BCUT2D eigenvalue weighted by Gasteiger charge is 2.20. The van der Waals surface area contributed by atoms with Crippen molar-refractivity contribution in [1.29, 1.82) is 0 Å². The Morgan fingerprint density at radius 1 is 1.33 bits per heavy atom. The maximum Gasteiger partial charge on any atom is 0.338 e. The Labute approximate surface area is 150 Å². The number of nitrogens with zero attached hydrogens (tertiary/aromatic N) is 1. The van der Waals surface area contributed by atoms with E-state index in [0.717, 1.165) is 24.3 Å². The average molecular weight is 354 g/mol. The molecular formula is C19H28ClNO3. The SMILES string of the molecule is CCOC(=O)c1ccc(OCCC2CCCCN2CC)cc1CCl. The van der Waals surface area contributed by atoms with Gasteiger partial charge in [-0.05, 0) is 63.0 Å². The third kappa shape index (κ3) is 5.12. The van der Waals surface area contributed by atoms with E-state index in [1.807, 2.05) is 12.1 Å². The number of ether oxygens (including phenoxy) is 2. The molecule has 1 aliphatic heterocycles. The van der Waals surface area contributed by atoms with E-state index in [1.54, 1.807) is 13.0 Å². The second kappa shape index (κ2) is 9.90. The molecular weight excluding hydrogens is 326 g/mol. The van der Waals surface area contributed by atoms with Crippen LogP contribution >= 0.6 is 11.6 Å². The lowest BCUT2D eigenvalue weighted by molar-refractivity contribution is 0.0525. The summed E-state index contributed by atoms with van der Waals surface area (Å²) in [6.07, 6.45) is 4.90. The van der Waals surface area contributed by atoms with Gasteiger partial charge in [0, 0.05) is 11.9 Å². The molecule has 24 heavy (non-hydrogen) atoms. The molecule has 1 saturated heterocycles. The molecule has 0 amide bonds. The number of likely N-dealkylation sites (tertiary alicyclic amines) is 1. The fraction of sp³-hybridized carbons (Fsp3) is 0.632. The molecule has 134 valence electrons. The van der Waals surface area contributed by atoms with Gasteiger partial charge in [-0.15, -0.1) is 11.6 Å². The van der Waals surface area contributed by atoms with Crippen molar-refractivity contribution in [3.63, 3.8) is 0 Å². The van der Waals surface area contributed by atoms with Gasteiger partial charge >= 0.3 is 5.97 Å². The maximum absolute atomic E-state index is 11.9. The van der Waals surface area contributed by atoms with Crippen LogP contribution in [0.2, 0.25) is 0 Å². The quantitative estimate of drug-likeness (QED) is 0.517.